The van der Waals surface area contributed by atoms with Crippen LogP contribution >= 0.6 is 34.7 Å². The third kappa shape index (κ3) is 22.0. The van der Waals surface area contributed by atoms with Crippen molar-refractivity contribution in [2.45, 2.75) is 152 Å². The van der Waals surface area contributed by atoms with E-state index < -0.39 is 60.9 Å². The van der Waals surface area contributed by atoms with Gasteiger partial charge in [-0.1, -0.05) is 112 Å². The van der Waals surface area contributed by atoms with Crippen LogP contribution in [0, 0.1) is 27.9 Å². The number of piperazine rings is 2. The summed E-state index contributed by atoms with van der Waals surface area (Å²) in [6.45, 7) is 23.3. The molecule has 4 saturated heterocycles. The zero-order valence-electron chi connectivity index (χ0n) is 63.0. The van der Waals surface area contributed by atoms with Gasteiger partial charge in [0.1, 0.15) is 17.8 Å². The number of β-amino-alcohol motifs (C(OH)–C–C–N with tert-alkyl or cyclic N) is 1. The van der Waals surface area contributed by atoms with Crippen LogP contribution < -0.4 is 25.6 Å². The summed E-state index contributed by atoms with van der Waals surface area (Å²) in [4.78, 5) is 99.9. The minimum atomic E-state index is -4.51. The number of benzene rings is 5. The molecule has 4 fully saturated rings. The molecule has 1 unspecified atom stereocenters. The normalized spacial score (nSPS) is 20.1. The van der Waals surface area contributed by atoms with Gasteiger partial charge in [-0.25, -0.2) is 18.1 Å². The Morgan fingerprint density at radius 1 is 0.815 bits per heavy atom. The van der Waals surface area contributed by atoms with Gasteiger partial charge in [0.25, 0.3) is 21.6 Å². The molecular formula is C81H105ClN12O11S3. The van der Waals surface area contributed by atoms with E-state index in [9.17, 15) is 47.6 Å². The second kappa shape index (κ2) is 37.3. The number of unbranched alkanes of at least 4 members (excludes halogenated alkanes) is 3. The maximum absolute atomic E-state index is 14.3. The fourth-order valence-electron chi connectivity index (χ4n) is 15.4. The minimum absolute atomic E-state index is 0.00906. The van der Waals surface area contributed by atoms with E-state index in [2.05, 4.69) is 64.3 Å². The maximum Gasteiger partial charge on any atom is 0.293 e. The van der Waals surface area contributed by atoms with E-state index in [1.54, 1.807) is 35.2 Å². The number of carbonyl (C=O) groups is 5. The highest BCUT2D eigenvalue weighted by Gasteiger charge is 2.45. The minimum Gasteiger partial charge on any atom is -0.391 e. The van der Waals surface area contributed by atoms with Gasteiger partial charge < -0.3 is 40.5 Å². The monoisotopic (exact) mass is 1550 g/mol. The number of hydrogen-bond donors (Lipinski definition) is 5. The molecule has 0 radical (unpaired) electrons. The number of amides is 5. The van der Waals surface area contributed by atoms with Crippen molar-refractivity contribution in [1.82, 2.24) is 44.8 Å². The molecule has 6 aromatic rings. The molecule has 6 atom stereocenters. The highest BCUT2D eigenvalue weighted by atomic mass is 35.5. The van der Waals surface area contributed by atoms with Gasteiger partial charge in [-0.05, 0) is 146 Å². The molecule has 0 bridgehead atoms. The highest BCUT2D eigenvalue weighted by molar-refractivity contribution is 7.99. The van der Waals surface area contributed by atoms with Crippen LogP contribution in [0.3, 0.4) is 0 Å². The van der Waals surface area contributed by atoms with E-state index in [4.69, 9.17) is 16.3 Å². The number of carbonyl (C=O) groups excluding carboxylic acids is 5. The number of rotatable bonds is 31. The molecule has 5 N–H and O–H groups in total. The van der Waals surface area contributed by atoms with Gasteiger partial charge in [-0.15, -0.1) is 23.1 Å². The Morgan fingerprint density at radius 2 is 1.49 bits per heavy atom. The molecule has 27 heteroatoms. The molecule has 1 aliphatic carbocycles. The first-order valence-corrected chi connectivity index (χ1v) is 41.7. The van der Waals surface area contributed by atoms with E-state index in [-0.39, 0.29) is 65.9 Å². The van der Waals surface area contributed by atoms with Crippen molar-refractivity contribution in [1.29, 1.82) is 0 Å². The Morgan fingerprint density at radius 3 is 2.16 bits per heavy atom. The quantitative estimate of drug-likeness (QED) is 0.0117. The summed E-state index contributed by atoms with van der Waals surface area (Å²) >= 11 is 9.62. The number of sulfonamides is 1. The topological polar surface area (TPSA) is 273 Å². The molecule has 5 amide bonds. The smallest absolute Gasteiger partial charge is 0.293 e. The van der Waals surface area contributed by atoms with Crippen molar-refractivity contribution in [3.05, 3.63) is 170 Å². The van der Waals surface area contributed by atoms with Crippen molar-refractivity contribution in [2.24, 2.45) is 10.8 Å². The fraction of sp³-hybridized carbons (Fsp3) is 0.506. The third-order valence-electron chi connectivity index (χ3n) is 21.6. The standard InChI is InChI=1S/C81H105ClN12O11S3/c1-56(58-18-20-60(21-19-58)75-57(2)83-55-107-75)84-78(99)72-48-66(95)52-93(72)79(100)76(80(3,4)5)86-73(96)16-12-7-8-13-17-74(97)92-42-38-90(39-43-92)54-81(6)34-32-69(59-22-26-63(82)27-23-59)62(50-81)51-89-36-40-91(41-37-89)65-28-24-61(25-29-65)77(98)87-108(103,104)68-30-31-70(71(49-68)94(101)102)85-64(33-35-88-44-46-105-47-45-88)53-106-67-14-10-9-11-15-67/h9-11,14-15,18-31,49,55-56,64,66,72,76,85,95H,7-8,12-13,16-17,32-48,50-54H2,1-6H3,(H,84,99)(H,86,96)(H,87,98)/t56-,64+,66+,72-,76+,81?/m0/s1. The van der Waals surface area contributed by atoms with Crippen molar-refractivity contribution in [3.63, 3.8) is 0 Å². The van der Waals surface area contributed by atoms with Gasteiger partial charge >= 0.3 is 0 Å². The second-order valence-electron chi connectivity index (χ2n) is 30.9. The molecule has 108 heavy (non-hydrogen) atoms. The molecule has 5 aromatic carbocycles. The largest absolute Gasteiger partial charge is 0.391 e. The fourth-order valence-corrected chi connectivity index (χ4v) is 18.3. The zero-order valence-corrected chi connectivity index (χ0v) is 66.2. The number of nitrogens with one attached hydrogen (secondary N) is 4. The van der Waals surface area contributed by atoms with Gasteiger partial charge in [0.15, 0.2) is 0 Å². The van der Waals surface area contributed by atoms with E-state index in [0.717, 1.165) is 142 Å². The molecule has 11 rings (SSSR count). The van der Waals surface area contributed by atoms with Gasteiger partial charge in [-0.3, -0.25) is 48.8 Å². The lowest BCUT2D eigenvalue weighted by molar-refractivity contribution is -0.384. The Balaban J connectivity index is 0.605. The lowest BCUT2D eigenvalue weighted by Crippen LogP contribution is -2.57. The predicted molar refractivity (Wildman–Crippen MR) is 427 cm³/mol. The summed E-state index contributed by atoms with van der Waals surface area (Å²) in [5.41, 5.74) is 8.84. The summed E-state index contributed by atoms with van der Waals surface area (Å²) in [7, 11) is -4.51. The van der Waals surface area contributed by atoms with Crippen LogP contribution in [-0.4, -0.2) is 212 Å². The number of thioether (sulfide) groups is 1. The third-order valence-corrected chi connectivity index (χ3v) is 25.3. The number of aliphatic hydroxyl groups is 1. The number of halogens is 1. The van der Waals surface area contributed by atoms with E-state index in [0.29, 0.717) is 62.8 Å². The number of nitro benzene ring substituents is 1. The SMILES string of the molecule is Cc1ncsc1-c1ccc([C@H](C)NC(=O)[C@@H]2C[C@@H](O)CN2C(=O)[C@@H](NC(=O)CCCCCCC(=O)N2CCN(CC3(C)CCC(c4ccc(Cl)cc4)=C(CN4CCN(c5ccc(C(=O)NS(=O)(=O)c6ccc(N[C@H](CCN7CCOCC7)CSc7ccccc7)c([N+](=O)[O-])c6)cc5)CC4)C3)CC2)C(C)(C)C)cc1. The number of allylic oxidation sites excluding steroid dienone is 1. The van der Waals surface area contributed by atoms with Crippen LogP contribution in [0.2, 0.25) is 5.02 Å². The van der Waals surface area contributed by atoms with Gasteiger partial charge in [0.2, 0.25) is 23.6 Å². The first kappa shape index (κ1) is 81.2. The lowest BCUT2D eigenvalue weighted by Gasteiger charge is -2.44. The van der Waals surface area contributed by atoms with E-state index in [1.165, 1.54) is 33.7 Å². The van der Waals surface area contributed by atoms with Crippen molar-refractivity contribution in [3.8, 4) is 10.4 Å². The zero-order chi connectivity index (χ0) is 76.7. The number of thiazole rings is 1. The number of aromatic nitrogens is 1. The number of aryl methyl sites for hydroxylation is 1. The predicted octanol–water partition coefficient (Wildman–Crippen LogP) is 11.7. The summed E-state index contributed by atoms with van der Waals surface area (Å²) in [6, 6.07) is 34.2. The van der Waals surface area contributed by atoms with E-state index in [1.807, 2.05) is 124 Å². The average molecular weight is 1550 g/mol. The van der Waals surface area contributed by atoms with Crippen molar-refractivity contribution < 1.29 is 47.2 Å². The molecule has 0 spiro atoms. The van der Waals surface area contributed by atoms with Crippen LogP contribution in [0.1, 0.15) is 138 Å². The number of likely N-dealkylation sites (tertiary alicyclic amines) is 1. The summed E-state index contributed by atoms with van der Waals surface area (Å²) in [6.07, 6.45) is 6.30. The first-order valence-electron chi connectivity index (χ1n) is 38.0. The molecule has 23 nitrogen and oxygen atoms in total. The van der Waals surface area contributed by atoms with Crippen LogP contribution in [0.4, 0.5) is 17.1 Å². The van der Waals surface area contributed by atoms with Gasteiger partial charge in [0.05, 0.1) is 51.3 Å². The number of anilines is 2. The van der Waals surface area contributed by atoms with Crippen LogP contribution in [0.25, 0.3) is 16.0 Å². The van der Waals surface area contributed by atoms with Gasteiger partial charge in [-0.2, -0.15) is 0 Å². The number of ether oxygens (including phenoxy) is 1. The number of nitrogens with zero attached hydrogens (tertiary/aromatic N) is 8. The highest BCUT2D eigenvalue weighted by Crippen LogP contribution is 2.44. The van der Waals surface area contributed by atoms with Gasteiger partial charge in [0, 0.05) is 150 Å². The van der Waals surface area contributed by atoms with Crippen LogP contribution in [0.5, 0.6) is 0 Å². The van der Waals surface area contributed by atoms with Crippen molar-refractivity contribution >= 4 is 96.9 Å². The lowest BCUT2D eigenvalue weighted by atomic mass is 9.71. The Labute approximate surface area is 649 Å². The molecule has 1 aromatic heterocycles. The van der Waals surface area contributed by atoms with Crippen LogP contribution in [-0.2, 0) is 33.9 Å². The Kier molecular flexibility index (Phi) is 28.0. The molecule has 5 heterocycles. The molecule has 4 aliphatic heterocycles. The average Bonchev–Trinajstić information content (AvgIpc) is 1.14. The molecule has 0 saturated carbocycles. The summed E-state index contributed by atoms with van der Waals surface area (Å²) in [5.74, 6) is -1.11. The first-order chi connectivity index (χ1) is 51.7. The Hall–Kier alpha value is -7.79. The summed E-state index contributed by atoms with van der Waals surface area (Å²) in [5, 5.41) is 33.4. The maximum atomic E-state index is 14.3. The van der Waals surface area contributed by atoms with Crippen LogP contribution in [0.15, 0.2) is 142 Å². The second-order valence-corrected chi connectivity index (χ2v) is 35.0. The molecule has 5 aliphatic rings. The Bertz CT molecular complexity index is 4220. The number of nitro groups is 1. The number of hydrogen-bond acceptors (Lipinski definition) is 19. The van der Waals surface area contributed by atoms with Crippen molar-refractivity contribution in [2.75, 3.05) is 121 Å². The number of morpholine rings is 1. The summed E-state index contributed by atoms with van der Waals surface area (Å²) < 4.78 is 35.2. The van der Waals surface area contributed by atoms with E-state index >= 15 is 0 Å². The number of aliphatic hydroxyl groups excluding tert-OH is 1. The molecular weight excluding hydrogens is 1450 g/mol. The molecule has 580 valence electrons.